The Kier molecular flexibility index (Phi) is 3.54. The standard InChI is InChI=1S/C14H22O/c1-10(12(3)15)6-8-13-9-7-11(2)14(13,4)5/h6-7,13H,8-9H2,1-5H3/t13-/m1/s1. The molecule has 0 aliphatic heterocycles. The molecule has 0 bridgehead atoms. The summed E-state index contributed by atoms with van der Waals surface area (Å²) in [6.45, 7) is 10.3. The van der Waals surface area contributed by atoms with Crippen LogP contribution in [-0.4, -0.2) is 5.78 Å². The van der Waals surface area contributed by atoms with E-state index in [1.807, 2.05) is 6.92 Å². The van der Waals surface area contributed by atoms with Gasteiger partial charge in [-0.15, -0.1) is 0 Å². The predicted octanol–water partition coefficient (Wildman–Crippen LogP) is 3.90. The maximum atomic E-state index is 11.1. The van der Waals surface area contributed by atoms with Crippen LogP contribution in [0.15, 0.2) is 23.3 Å². The molecule has 0 aromatic rings. The average Bonchev–Trinajstić information content (AvgIpc) is 2.39. The van der Waals surface area contributed by atoms with Crippen molar-refractivity contribution in [3.63, 3.8) is 0 Å². The molecule has 0 aromatic carbocycles. The van der Waals surface area contributed by atoms with E-state index in [9.17, 15) is 4.79 Å². The summed E-state index contributed by atoms with van der Waals surface area (Å²) in [4.78, 5) is 11.1. The molecule has 0 aromatic heterocycles. The van der Waals surface area contributed by atoms with Gasteiger partial charge in [0.15, 0.2) is 5.78 Å². The Bertz CT molecular complexity index is 318. The molecular formula is C14H22O. The molecular weight excluding hydrogens is 184 g/mol. The maximum Gasteiger partial charge on any atom is 0.155 e. The van der Waals surface area contributed by atoms with E-state index < -0.39 is 0 Å². The number of hydrogen-bond acceptors (Lipinski definition) is 1. The van der Waals surface area contributed by atoms with Gasteiger partial charge >= 0.3 is 0 Å². The number of allylic oxidation sites excluding steroid dienone is 4. The largest absolute Gasteiger partial charge is 0.295 e. The highest BCUT2D eigenvalue weighted by molar-refractivity contribution is 5.92. The molecule has 1 aliphatic carbocycles. The molecule has 1 nitrogen and oxygen atoms in total. The summed E-state index contributed by atoms with van der Waals surface area (Å²) in [7, 11) is 0. The van der Waals surface area contributed by atoms with Gasteiger partial charge in [0, 0.05) is 0 Å². The lowest BCUT2D eigenvalue weighted by atomic mass is 9.76. The zero-order valence-corrected chi connectivity index (χ0v) is 10.6. The number of ketones is 1. The number of hydrogen-bond donors (Lipinski definition) is 0. The van der Waals surface area contributed by atoms with E-state index in [4.69, 9.17) is 0 Å². The zero-order valence-electron chi connectivity index (χ0n) is 10.6. The van der Waals surface area contributed by atoms with Gasteiger partial charge < -0.3 is 0 Å². The van der Waals surface area contributed by atoms with Crippen molar-refractivity contribution < 1.29 is 4.79 Å². The lowest BCUT2D eigenvalue weighted by Gasteiger charge is -2.29. The third-order valence-corrected chi connectivity index (χ3v) is 4.01. The van der Waals surface area contributed by atoms with Crippen LogP contribution < -0.4 is 0 Å². The van der Waals surface area contributed by atoms with Gasteiger partial charge in [-0.1, -0.05) is 31.6 Å². The van der Waals surface area contributed by atoms with E-state index in [0.717, 1.165) is 18.4 Å². The van der Waals surface area contributed by atoms with Crippen molar-refractivity contribution in [3.8, 4) is 0 Å². The second-order valence-electron chi connectivity index (χ2n) is 5.22. The topological polar surface area (TPSA) is 17.1 Å². The minimum Gasteiger partial charge on any atom is -0.295 e. The minimum absolute atomic E-state index is 0.190. The van der Waals surface area contributed by atoms with Gasteiger partial charge in [0.1, 0.15) is 0 Å². The Labute approximate surface area is 93.3 Å². The van der Waals surface area contributed by atoms with Crippen LogP contribution in [0, 0.1) is 11.3 Å². The van der Waals surface area contributed by atoms with Crippen LogP contribution in [0.3, 0.4) is 0 Å². The summed E-state index contributed by atoms with van der Waals surface area (Å²) >= 11 is 0. The van der Waals surface area contributed by atoms with E-state index in [0.29, 0.717) is 11.3 Å². The predicted molar refractivity (Wildman–Crippen MR) is 64.7 cm³/mol. The van der Waals surface area contributed by atoms with E-state index in [1.165, 1.54) is 5.57 Å². The summed E-state index contributed by atoms with van der Waals surface area (Å²) in [6.07, 6.45) is 6.61. The molecule has 0 N–H and O–H groups in total. The molecule has 1 rings (SSSR count). The zero-order chi connectivity index (χ0) is 11.6. The molecule has 0 heterocycles. The van der Waals surface area contributed by atoms with Crippen LogP contribution in [0.4, 0.5) is 0 Å². The molecule has 0 amide bonds. The average molecular weight is 206 g/mol. The van der Waals surface area contributed by atoms with E-state index in [2.05, 4.69) is 32.9 Å². The van der Waals surface area contributed by atoms with Crippen LogP contribution in [0.25, 0.3) is 0 Å². The summed E-state index contributed by atoms with van der Waals surface area (Å²) in [6, 6.07) is 0. The van der Waals surface area contributed by atoms with Gasteiger partial charge in [-0.3, -0.25) is 4.79 Å². The molecule has 84 valence electrons. The third kappa shape index (κ3) is 2.58. The van der Waals surface area contributed by atoms with Crippen molar-refractivity contribution >= 4 is 5.78 Å². The molecule has 1 atom stereocenters. The van der Waals surface area contributed by atoms with Crippen molar-refractivity contribution in [3.05, 3.63) is 23.3 Å². The SMILES string of the molecule is CC(=O)C(C)=CC[C@@H]1CC=C(C)C1(C)C. The van der Waals surface area contributed by atoms with Crippen molar-refractivity contribution in [2.75, 3.05) is 0 Å². The Morgan fingerprint density at radius 3 is 2.53 bits per heavy atom. The molecule has 15 heavy (non-hydrogen) atoms. The van der Waals surface area contributed by atoms with Gasteiger partial charge in [-0.2, -0.15) is 0 Å². The first-order valence-electron chi connectivity index (χ1n) is 5.70. The fourth-order valence-electron chi connectivity index (χ4n) is 2.05. The Balaban J connectivity index is 2.64. The van der Waals surface area contributed by atoms with Gasteiger partial charge in [0.25, 0.3) is 0 Å². The molecule has 0 radical (unpaired) electrons. The Hall–Kier alpha value is -0.850. The first-order chi connectivity index (χ1) is 6.85. The monoisotopic (exact) mass is 206 g/mol. The van der Waals surface area contributed by atoms with E-state index in [-0.39, 0.29) is 5.78 Å². The first kappa shape index (κ1) is 12.2. The van der Waals surface area contributed by atoms with Crippen molar-refractivity contribution in [2.45, 2.75) is 47.5 Å². The Morgan fingerprint density at radius 2 is 2.13 bits per heavy atom. The summed E-state index contributed by atoms with van der Waals surface area (Å²) < 4.78 is 0. The quantitative estimate of drug-likeness (QED) is 0.505. The highest BCUT2D eigenvalue weighted by atomic mass is 16.1. The fraction of sp³-hybridized carbons (Fsp3) is 0.643. The molecule has 0 fully saturated rings. The summed E-state index contributed by atoms with van der Waals surface area (Å²) in [5, 5.41) is 0. The van der Waals surface area contributed by atoms with Crippen molar-refractivity contribution in [1.29, 1.82) is 0 Å². The summed E-state index contributed by atoms with van der Waals surface area (Å²) in [5.41, 5.74) is 2.69. The van der Waals surface area contributed by atoms with Gasteiger partial charge in [0.05, 0.1) is 0 Å². The minimum atomic E-state index is 0.190. The highest BCUT2D eigenvalue weighted by Crippen LogP contribution is 2.44. The second kappa shape index (κ2) is 4.34. The van der Waals surface area contributed by atoms with Crippen LogP contribution in [0.2, 0.25) is 0 Å². The number of carbonyl (C=O) groups excluding carboxylic acids is 1. The number of carbonyl (C=O) groups is 1. The number of Topliss-reactive ketones (excluding diaryl/α,β-unsaturated/α-hetero) is 1. The normalized spacial score (nSPS) is 25.3. The molecule has 1 heteroatoms. The van der Waals surface area contributed by atoms with Crippen molar-refractivity contribution in [1.82, 2.24) is 0 Å². The molecule has 0 unspecified atom stereocenters. The van der Waals surface area contributed by atoms with Crippen molar-refractivity contribution in [2.24, 2.45) is 11.3 Å². The first-order valence-corrected chi connectivity index (χ1v) is 5.70. The lowest BCUT2D eigenvalue weighted by molar-refractivity contribution is -0.113. The molecule has 0 spiro atoms. The van der Waals surface area contributed by atoms with Crippen LogP contribution >= 0.6 is 0 Å². The van der Waals surface area contributed by atoms with Crippen LogP contribution in [-0.2, 0) is 4.79 Å². The van der Waals surface area contributed by atoms with Gasteiger partial charge in [-0.25, -0.2) is 0 Å². The second-order valence-corrected chi connectivity index (χ2v) is 5.22. The maximum absolute atomic E-state index is 11.1. The van der Waals surface area contributed by atoms with Gasteiger partial charge in [-0.05, 0) is 50.5 Å². The molecule has 1 aliphatic rings. The lowest BCUT2D eigenvalue weighted by Crippen LogP contribution is -2.19. The summed E-state index contributed by atoms with van der Waals surface area (Å²) in [5.74, 6) is 0.849. The molecule has 0 saturated heterocycles. The Morgan fingerprint density at radius 1 is 1.53 bits per heavy atom. The van der Waals surface area contributed by atoms with Crippen LogP contribution in [0.5, 0.6) is 0 Å². The van der Waals surface area contributed by atoms with E-state index >= 15 is 0 Å². The van der Waals surface area contributed by atoms with Crippen LogP contribution in [0.1, 0.15) is 47.5 Å². The van der Waals surface area contributed by atoms with E-state index in [1.54, 1.807) is 6.92 Å². The van der Waals surface area contributed by atoms with Gasteiger partial charge in [0.2, 0.25) is 0 Å². The highest BCUT2D eigenvalue weighted by Gasteiger charge is 2.33. The smallest absolute Gasteiger partial charge is 0.155 e. The fourth-order valence-corrected chi connectivity index (χ4v) is 2.05. The molecule has 0 saturated carbocycles. The number of rotatable bonds is 3. The third-order valence-electron chi connectivity index (χ3n) is 4.01.